The van der Waals surface area contributed by atoms with Crippen LogP contribution < -0.4 is 5.32 Å². The Morgan fingerprint density at radius 1 is 0.463 bits per heavy atom. The maximum atomic E-state index is 13.2. The van der Waals surface area contributed by atoms with Crippen molar-refractivity contribution in [1.29, 1.82) is 0 Å². The van der Waals surface area contributed by atoms with Gasteiger partial charge in [0.05, 0.1) is 25.2 Å². The molecule has 0 aliphatic rings. The molecule has 0 aliphatic carbocycles. The van der Waals surface area contributed by atoms with Crippen molar-refractivity contribution >= 4 is 11.9 Å². The molecule has 1 amide bonds. The van der Waals surface area contributed by atoms with E-state index in [1.54, 1.807) is 6.08 Å². The lowest BCUT2D eigenvalue weighted by Crippen LogP contribution is -2.46. The fourth-order valence-corrected chi connectivity index (χ4v) is 7.42. The van der Waals surface area contributed by atoms with Gasteiger partial charge in [-0.05, 0) is 96.0 Å². The zero-order valence-corrected chi connectivity index (χ0v) is 43.2. The molecule has 0 radical (unpaired) electrons. The van der Waals surface area contributed by atoms with Crippen molar-refractivity contribution in [2.24, 2.45) is 0 Å². The van der Waals surface area contributed by atoms with E-state index in [0.29, 0.717) is 19.3 Å². The average molecular weight is 928 g/mol. The predicted molar refractivity (Wildman–Crippen MR) is 291 cm³/mol. The van der Waals surface area contributed by atoms with Crippen molar-refractivity contribution in [2.45, 2.75) is 244 Å². The second-order valence-electron chi connectivity index (χ2n) is 17.9. The van der Waals surface area contributed by atoms with Gasteiger partial charge in [-0.25, -0.2) is 0 Å². The molecule has 0 heterocycles. The van der Waals surface area contributed by atoms with Crippen LogP contribution in [0.4, 0.5) is 0 Å². The van der Waals surface area contributed by atoms with Gasteiger partial charge in [0.1, 0.15) is 6.10 Å². The highest BCUT2D eigenvalue weighted by Crippen LogP contribution is 2.15. The summed E-state index contributed by atoms with van der Waals surface area (Å²) in [5.74, 6) is -0.706. The highest BCUT2D eigenvalue weighted by atomic mass is 16.5. The summed E-state index contributed by atoms with van der Waals surface area (Å²) in [5, 5.41) is 23.7. The quantitative estimate of drug-likeness (QED) is 0.0321. The maximum absolute atomic E-state index is 13.2. The zero-order valence-electron chi connectivity index (χ0n) is 43.2. The summed E-state index contributed by atoms with van der Waals surface area (Å²) >= 11 is 0. The van der Waals surface area contributed by atoms with Gasteiger partial charge in [-0.3, -0.25) is 9.59 Å². The molecule has 0 saturated carbocycles. The third-order valence-corrected chi connectivity index (χ3v) is 11.5. The summed E-state index contributed by atoms with van der Waals surface area (Å²) in [6, 6.07) is -0.762. The van der Waals surface area contributed by atoms with Gasteiger partial charge in [0, 0.05) is 6.42 Å². The molecule has 3 N–H and O–H groups in total. The Kier molecular flexibility index (Phi) is 50.2. The third kappa shape index (κ3) is 48.5. The van der Waals surface area contributed by atoms with Crippen molar-refractivity contribution in [2.75, 3.05) is 6.61 Å². The van der Waals surface area contributed by atoms with Crippen LogP contribution in [0, 0.1) is 0 Å². The smallest absolute Gasteiger partial charge is 0.306 e. The van der Waals surface area contributed by atoms with Gasteiger partial charge in [-0.2, -0.15) is 0 Å². The molecular weight excluding hydrogens is 827 g/mol. The van der Waals surface area contributed by atoms with Gasteiger partial charge in [0.15, 0.2) is 0 Å². The number of hydrogen-bond donors (Lipinski definition) is 3. The van der Waals surface area contributed by atoms with Gasteiger partial charge < -0.3 is 20.3 Å². The number of esters is 1. The predicted octanol–water partition coefficient (Wildman–Crippen LogP) is 16.8. The Labute approximate surface area is 412 Å². The Morgan fingerprint density at radius 3 is 1.27 bits per heavy atom. The molecule has 0 fully saturated rings. The number of unbranched alkanes of at least 4 members (excludes halogenated alkanes) is 17. The monoisotopic (exact) mass is 928 g/mol. The van der Waals surface area contributed by atoms with E-state index < -0.39 is 18.2 Å². The second-order valence-corrected chi connectivity index (χ2v) is 17.9. The van der Waals surface area contributed by atoms with Crippen molar-refractivity contribution in [3.05, 3.63) is 122 Å². The lowest BCUT2D eigenvalue weighted by molar-refractivity contribution is -0.148. The molecule has 0 aromatic heterocycles. The number of aliphatic hydroxyl groups excluding tert-OH is 2. The fourth-order valence-electron chi connectivity index (χ4n) is 7.42. The largest absolute Gasteiger partial charge is 0.458 e. The summed E-state index contributed by atoms with van der Waals surface area (Å²) in [4.78, 5) is 26.1. The molecular formula is C61H101NO5. The summed E-state index contributed by atoms with van der Waals surface area (Å²) in [7, 11) is 0. The van der Waals surface area contributed by atoms with E-state index in [1.165, 1.54) is 96.3 Å². The summed E-state index contributed by atoms with van der Waals surface area (Å²) in [5.41, 5.74) is 0. The molecule has 0 rings (SSSR count). The summed E-state index contributed by atoms with van der Waals surface area (Å²) in [6.45, 7) is 6.29. The summed E-state index contributed by atoms with van der Waals surface area (Å²) in [6.07, 6.45) is 74.3. The van der Waals surface area contributed by atoms with Crippen LogP contribution in [0.3, 0.4) is 0 Å². The molecule has 67 heavy (non-hydrogen) atoms. The van der Waals surface area contributed by atoms with Gasteiger partial charge in [-0.15, -0.1) is 0 Å². The van der Waals surface area contributed by atoms with Crippen LogP contribution >= 0.6 is 0 Å². The Hall–Kier alpha value is -3.74. The number of carbonyl (C=O) groups excluding carboxylic acids is 2. The molecule has 0 bridgehead atoms. The SMILES string of the molecule is CC/C=C\C/C=C\C/C=C\C/C=C\C/C=C\C/C=C\C(CC(=O)NC(CO)C(O)CCCCCCCCCCCCCCCC)OC(=O)CCC/C=C\C/C=C\C/C=C\C/C=C\CCCCC. The minimum atomic E-state index is -0.837. The number of hydrogen-bond acceptors (Lipinski definition) is 5. The van der Waals surface area contributed by atoms with Crippen LogP contribution in [0.5, 0.6) is 0 Å². The summed E-state index contributed by atoms with van der Waals surface area (Å²) < 4.78 is 5.81. The van der Waals surface area contributed by atoms with Gasteiger partial charge in [-0.1, -0.05) is 239 Å². The van der Waals surface area contributed by atoms with Crippen LogP contribution in [0.15, 0.2) is 122 Å². The first-order chi connectivity index (χ1) is 33.0. The number of ether oxygens (including phenoxy) is 1. The first kappa shape index (κ1) is 63.3. The minimum Gasteiger partial charge on any atom is -0.458 e. The molecule has 0 aliphatic heterocycles. The number of nitrogens with one attached hydrogen (secondary N) is 1. The van der Waals surface area contributed by atoms with Crippen LogP contribution in [-0.2, 0) is 14.3 Å². The number of carbonyl (C=O) groups is 2. The van der Waals surface area contributed by atoms with Crippen LogP contribution in [0.2, 0.25) is 0 Å². The number of rotatable bonds is 47. The Morgan fingerprint density at radius 2 is 0.836 bits per heavy atom. The van der Waals surface area contributed by atoms with E-state index in [4.69, 9.17) is 4.74 Å². The highest BCUT2D eigenvalue weighted by molar-refractivity contribution is 5.78. The molecule has 6 nitrogen and oxygen atoms in total. The molecule has 0 spiro atoms. The third-order valence-electron chi connectivity index (χ3n) is 11.5. The standard InChI is InChI=1S/C61H101NO5/c1-4-7-10-13-16-19-22-25-28-30-32-34-37-40-43-46-49-52-57(67-61(66)54-51-48-45-42-39-36-33-31-29-26-23-20-17-14-11-8-5-2)55-60(65)62-58(56-63)59(64)53-50-47-44-41-38-35-27-24-21-18-15-12-9-6-3/h7,10,16-17,19-20,25-26,28-29,32-34,36,40,42-43,45,49,52,57-59,63-64H,4-6,8-9,11-15,18,21-24,27,30-31,35,37-39,41,44,46-48,50-51,53-56H2,1-3H3,(H,62,65)/b10-7-,19-16-,20-17-,28-25-,29-26-,34-32-,36-33-,43-40-,45-42-,52-49-. The number of allylic oxidation sites excluding steroid dienone is 19. The number of amides is 1. The molecule has 0 aromatic rings. The minimum absolute atomic E-state index is 0.0762. The molecule has 380 valence electrons. The van der Waals surface area contributed by atoms with Crippen molar-refractivity contribution in [3.8, 4) is 0 Å². The second kappa shape index (κ2) is 53.2. The number of aliphatic hydroxyl groups is 2. The van der Waals surface area contributed by atoms with Gasteiger partial charge in [0.25, 0.3) is 0 Å². The Balaban J connectivity index is 4.86. The molecule has 0 aromatic carbocycles. The van der Waals surface area contributed by atoms with Crippen molar-refractivity contribution in [1.82, 2.24) is 5.32 Å². The lowest BCUT2D eigenvalue weighted by Gasteiger charge is -2.23. The molecule has 6 heteroatoms. The van der Waals surface area contributed by atoms with E-state index in [1.807, 2.05) is 6.08 Å². The van der Waals surface area contributed by atoms with Crippen LogP contribution in [-0.4, -0.2) is 46.9 Å². The van der Waals surface area contributed by atoms with Crippen LogP contribution in [0.1, 0.15) is 226 Å². The molecule has 3 atom stereocenters. The van der Waals surface area contributed by atoms with E-state index in [-0.39, 0.29) is 31.3 Å². The van der Waals surface area contributed by atoms with Crippen molar-refractivity contribution < 1.29 is 24.5 Å². The maximum Gasteiger partial charge on any atom is 0.306 e. The van der Waals surface area contributed by atoms with Gasteiger partial charge in [0.2, 0.25) is 5.91 Å². The average Bonchev–Trinajstić information content (AvgIpc) is 3.32. The van der Waals surface area contributed by atoms with E-state index in [0.717, 1.165) is 77.0 Å². The normalized spacial score (nSPS) is 14.2. The van der Waals surface area contributed by atoms with E-state index in [9.17, 15) is 19.8 Å². The first-order valence-electron chi connectivity index (χ1n) is 27.3. The topological polar surface area (TPSA) is 95.9 Å². The first-order valence-corrected chi connectivity index (χ1v) is 27.3. The Bertz CT molecular complexity index is 1410. The highest BCUT2D eigenvalue weighted by Gasteiger charge is 2.23. The van der Waals surface area contributed by atoms with Crippen molar-refractivity contribution in [3.63, 3.8) is 0 Å². The lowest BCUT2D eigenvalue weighted by atomic mass is 10.0. The van der Waals surface area contributed by atoms with Gasteiger partial charge >= 0.3 is 5.97 Å². The zero-order chi connectivity index (χ0) is 48.8. The van der Waals surface area contributed by atoms with E-state index in [2.05, 4.69) is 135 Å². The van der Waals surface area contributed by atoms with Crippen LogP contribution in [0.25, 0.3) is 0 Å². The molecule has 3 unspecified atom stereocenters. The van der Waals surface area contributed by atoms with E-state index >= 15 is 0 Å². The fraction of sp³-hybridized carbons (Fsp3) is 0.639. The molecule has 0 saturated heterocycles.